The van der Waals surface area contributed by atoms with E-state index in [0.717, 1.165) is 21.7 Å². The fraction of sp³-hybridized carbons (Fsp3) is 0.605. The number of benzene rings is 1. The van der Waals surface area contributed by atoms with Crippen LogP contribution in [0.4, 0.5) is 15.0 Å². The highest BCUT2D eigenvalue weighted by atomic mass is 32.1. The van der Waals surface area contributed by atoms with Gasteiger partial charge in [-0.2, -0.15) is 0 Å². The number of nitrogens with zero attached hydrogens (tertiary/aromatic N) is 7. The molecule has 1 aromatic carbocycles. The number of ether oxygens (including phenoxy) is 1. The summed E-state index contributed by atoms with van der Waals surface area (Å²) in [4.78, 5) is 75.3. The zero-order valence-corrected chi connectivity index (χ0v) is 36.9. The van der Waals surface area contributed by atoms with Crippen LogP contribution in [0.15, 0.2) is 42.2 Å². The number of aliphatic hydroxyl groups excluding tert-OH is 1. The van der Waals surface area contributed by atoms with Crippen molar-refractivity contribution in [3.05, 3.63) is 59.1 Å². The van der Waals surface area contributed by atoms with Crippen LogP contribution in [0.5, 0.6) is 0 Å². The van der Waals surface area contributed by atoms with E-state index >= 15 is 4.39 Å². The molecule has 3 N–H and O–H groups in total. The van der Waals surface area contributed by atoms with Crippen molar-refractivity contribution in [3.8, 4) is 10.4 Å². The summed E-state index contributed by atoms with van der Waals surface area (Å²) in [5, 5.41) is 16.5. The van der Waals surface area contributed by atoms with Crippen molar-refractivity contribution >= 4 is 41.0 Å². The number of likely N-dealkylation sites (tertiary alicyclic amines) is 2. The summed E-state index contributed by atoms with van der Waals surface area (Å²) in [6.45, 7) is 18.0. The lowest BCUT2D eigenvalue weighted by Gasteiger charge is -2.42. The summed E-state index contributed by atoms with van der Waals surface area (Å²) in [6.07, 6.45) is 2.16. The summed E-state index contributed by atoms with van der Waals surface area (Å²) in [5.74, 6) is -0.879. The van der Waals surface area contributed by atoms with Crippen LogP contribution in [0.25, 0.3) is 10.4 Å². The number of β-amino-alcohol motifs (C(OH)–C–C–N with tert-alkyl or cyclic N) is 1. The number of amides is 4. The number of aryl methyl sites for hydroxylation is 1. The number of carbonyl (C=O) groups is 4. The molecular weight excluding hydrogens is 790 g/mol. The minimum atomic E-state index is -1.39. The van der Waals surface area contributed by atoms with Gasteiger partial charge in [-0.15, -0.1) is 11.3 Å². The summed E-state index contributed by atoms with van der Waals surface area (Å²) in [5.41, 5.74) is 1.98. The van der Waals surface area contributed by atoms with Crippen molar-refractivity contribution in [2.45, 2.75) is 110 Å². The molecule has 0 saturated carbocycles. The van der Waals surface area contributed by atoms with Crippen molar-refractivity contribution < 1.29 is 33.4 Å². The number of nitrogens with one attached hydrogen (secondary N) is 2. The Hall–Kier alpha value is -4.74. The molecule has 3 saturated heterocycles. The van der Waals surface area contributed by atoms with Gasteiger partial charge in [-0.3, -0.25) is 19.3 Å². The quantitative estimate of drug-likeness (QED) is 0.257. The van der Waals surface area contributed by atoms with E-state index in [1.165, 1.54) is 17.3 Å². The molecule has 0 aliphatic carbocycles. The van der Waals surface area contributed by atoms with Gasteiger partial charge in [0.15, 0.2) is 0 Å². The number of aliphatic hydroxyl groups is 1. The van der Waals surface area contributed by atoms with Gasteiger partial charge in [-0.25, -0.2) is 24.1 Å². The fourth-order valence-electron chi connectivity index (χ4n) is 7.93. The number of rotatable bonds is 10. The third kappa shape index (κ3) is 10.9. The van der Waals surface area contributed by atoms with E-state index in [1.807, 2.05) is 90.1 Å². The minimum absolute atomic E-state index is 0.0256. The second-order valence-electron chi connectivity index (χ2n) is 18.4. The van der Waals surface area contributed by atoms with Gasteiger partial charge in [0.05, 0.1) is 40.6 Å². The molecule has 3 aliphatic rings. The van der Waals surface area contributed by atoms with Gasteiger partial charge in [-0.1, -0.05) is 45.0 Å². The maximum Gasteiger partial charge on any atom is 0.410 e. The first kappa shape index (κ1) is 44.8. The highest BCUT2D eigenvalue weighted by Crippen LogP contribution is 2.31. The van der Waals surface area contributed by atoms with Crippen molar-refractivity contribution in [3.63, 3.8) is 0 Å². The second-order valence-corrected chi connectivity index (χ2v) is 19.3. The zero-order valence-electron chi connectivity index (χ0n) is 36.0. The Labute approximate surface area is 356 Å². The van der Waals surface area contributed by atoms with Gasteiger partial charge in [0.25, 0.3) is 5.91 Å². The van der Waals surface area contributed by atoms with Crippen molar-refractivity contribution in [1.29, 1.82) is 0 Å². The summed E-state index contributed by atoms with van der Waals surface area (Å²) in [7, 11) is 0. The first-order valence-corrected chi connectivity index (χ1v) is 21.6. The average Bonchev–Trinajstić information content (AvgIpc) is 3.81. The standard InChI is InChI=1S/C43H60FN9O6S/c1-27(29-9-11-30(12-10-29)35-28(2)47-26-60-35)48-38(56)33-21-31(54)24-53(33)39(57)36(41(3,4)5)49-37(55)32-22-46-34(23-45-32)51-19-17-50(18-20-51)25-43(44)13-15-52(16-14-43)40(58)59-42(6,7)8/h9-12,22-23,26-27,31,33,36,54H,13-21,24-25H2,1-8H3,(H,48,56)(H,49,55)/t27-,31+,33-,36+/m0/s1. The van der Waals surface area contributed by atoms with Gasteiger partial charge >= 0.3 is 6.09 Å². The molecule has 6 rings (SSSR count). The molecule has 4 amide bonds. The van der Waals surface area contributed by atoms with Crippen LogP contribution in [0.3, 0.4) is 0 Å². The number of alkyl halides is 1. The van der Waals surface area contributed by atoms with Crippen LogP contribution >= 0.6 is 11.3 Å². The lowest BCUT2D eigenvalue weighted by Crippen LogP contribution is -2.58. The number of thiazole rings is 1. The molecule has 3 aliphatic heterocycles. The molecule has 17 heteroatoms. The normalized spacial score (nSPS) is 21.0. The Balaban J connectivity index is 1.01. The van der Waals surface area contributed by atoms with Crippen LogP contribution in [0.1, 0.15) is 95.5 Å². The molecule has 0 bridgehead atoms. The van der Waals surface area contributed by atoms with E-state index in [4.69, 9.17) is 4.74 Å². The first-order valence-electron chi connectivity index (χ1n) is 20.8. The smallest absolute Gasteiger partial charge is 0.410 e. The van der Waals surface area contributed by atoms with E-state index < -0.39 is 52.8 Å². The predicted molar refractivity (Wildman–Crippen MR) is 227 cm³/mol. The molecule has 4 atom stereocenters. The van der Waals surface area contributed by atoms with Crippen LogP contribution < -0.4 is 15.5 Å². The van der Waals surface area contributed by atoms with Crippen LogP contribution in [0.2, 0.25) is 0 Å². The summed E-state index contributed by atoms with van der Waals surface area (Å²) in [6, 6.07) is 5.57. The van der Waals surface area contributed by atoms with Crippen LogP contribution in [-0.2, 0) is 14.3 Å². The van der Waals surface area contributed by atoms with Crippen molar-refractivity contribution in [2.24, 2.45) is 5.41 Å². The topological polar surface area (TPSA) is 173 Å². The third-order valence-electron chi connectivity index (χ3n) is 11.4. The van der Waals surface area contributed by atoms with Crippen LogP contribution in [0, 0.1) is 12.3 Å². The van der Waals surface area contributed by atoms with Gasteiger partial charge in [0.1, 0.15) is 34.9 Å². The number of aromatic nitrogens is 3. The zero-order chi connectivity index (χ0) is 43.6. The Kier molecular flexibility index (Phi) is 13.5. The monoisotopic (exact) mass is 849 g/mol. The minimum Gasteiger partial charge on any atom is -0.444 e. The summed E-state index contributed by atoms with van der Waals surface area (Å²) >= 11 is 1.57. The number of anilines is 1. The Morgan fingerprint density at radius 1 is 0.950 bits per heavy atom. The van der Waals surface area contributed by atoms with Gasteiger partial charge in [-0.05, 0) is 51.2 Å². The lowest BCUT2D eigenvalue weighted by atomic mass is 9.85. The molecule has 3 fully saturated rings. The van der Waals surface area contributed by atoms with E-state index in [1.54, 1.807) is 16.2 Å². The van der Waals surface area contributed by atoms with E-state index in [9.17, 15) is 24.3 Å². The van der Waals surface area contributed by atoms with E-state index in [2.05, 4.69) is 30.5 Å². The van der Waals surface area contributed by atoms with E-state index in [0.29, 0.717) is 45.1 Å². The Morgan fingerprint density at radius 2 is 1.62 bits per heavy atom. The molecular formula is C43H60FN9O6S. The van der Waals surface area contributed by atoms with Crippen LogP contribution in [-0.4, -0.2) is 140 Å². The second kappa shape index (κ2) is 18.1. The number of carbonyl (C=O) groups excluding carboxylic acids is 4. The van der Waals surface area contributed by atoms with Gasteiger partial charge < -0.3 is 35.2 Å². The number of piperidine rings is 1. The SMILES string of the molecule is Cc1ncsc1-c1ccc([C@H](C)NC(=O)[C@@H]2C[C@@H](O)CN2C(=O)[C@@H](NC(=O)c2cnc(N3CCN(CC4(F)CCN(C(=O)OC(C)(C)C)CC4)CC3)cn2)C(C)(C)C)cc1. The highest BCUT2D eigenvalue weighted by molar-refractivity contribution is 7.13. The number of halogens is 1. The van der Waals surface area contributed by atoms with Crippen molar-refractivity contribution in [1.82, 2.24) is 40.3 Å². The Bertz CT molecular complexity index is 1980. The van der Waals surface area contributed by atoms with Gasteiger partial charge in [0, 0.05) is 71.6 Å². The third-order valence-corrected chi connectivity index (χ3v) is 12.4. The lowest BCUT2D eigenvalue weighted by molar-refractivity contribution is -0.142. The first-order chi connectivity index (χ1) is 28.2. The fourth-order valence-corrected chi connectivity index (χ4v) is 8.74. The highest BCUT2D eigenvalue weighted by Gasteiger charge is 2.45. The molecule has 2 aromatic heterocycles. The van der Waals surface area contributed by atoms with Crippen molar-refractivity contribution in [2.75, 3.05) is 57.3 Å². The molecule has 60 heavy (non-hydrogen) atoms. The van der Waals surface area contributed by atoms with Gasteiger partial charge in [0.2, 0.25) is 11.8 Å². The molecule has 3 aromatic rings. The molecule has 326 valence electrons. The molecule has 5 heterocycles. The van der Waals surface area contributed by atoms with E-state index in [-0.39, 0.29) is 50.0 Å². The number of hydrogen-bond donors (Lipinski definition) is 3. The maximum atomic E-state index is 15.9. The number of piperazine rings is 1. The molecule has 0 spiro atoms. The molecule has 0 unspecified atom stereocenters. The largest absolute Gasteiger partial charge is 0.444 e. The predicted octanol–water partition coefficient (Wildman–Crippen LogP) is 4.75. The average molecular weight is 850 g/mol. The molecule has 15 nitrogen and oxygen atoms in total. The number of hydrogen-bond acceptors (Lipinski definition) is 12. The maximum absolute atomic E-state index is 15.9. The molecule has 0 radical (unpaired) electrons. The summed E-state index contributed by atoms with van der Waals surface area (Å²) < 4.78 is 21.3. The Morgan fingerprint density at radius 3 is 2.18 bits per heavy atom.